The third kappa shape index (κ3) is 4.11. The fourth-order valence-corrected chi connectivity index (χ4v) is 5.22. The molecule has 0 aromatic heterocycles. The van der Waals surface area contributed by atoms with Crippen molar-refractivity contribution in [3.63, 3.8) is 0 Å². The Morgan fingerprint density at radius 1 is 0.935 bits per heavy atom. The Labute approximate surface area is 185 Å². The molecule has 1 amide bonds. The molecule has 31 heavy (non-hydrogen) atoms. The minimum Gasteiger partial charge on any atom is -0.340 e. The predicted octanol–water partition coefficient (Wildman–Crippen LogP) is 4.07. The number of aryl methyl sites for hydroxylation is 1. The molecule has 2 heterocycles. The van der Waals surface area contributed by atoms with Crippen LogP contribution in [0.1, 0.15) is 60.5 Å². The summed E-state index contributed by atoms with van der Waals surface area (Å²) in [5.41, 5.74) is 9.26. The first-order chi connectivity index (χ1) is 15.2. The molecule has 3 aliphatic rings. The Balaban J connectivity index is 1.30. The van der Waals surface area contributed by atoms with E-state index in [9.17, 15) is 4.79 Å². The van der Waals surface area contributed by atoms with Gasteiger partial charge in [-0.3, -0.25) is 15.1 Å². The lowest BCUT2D eigenvalue weighted by Gasteiger charge is -2.42. The van der Waals surface area contributed by atoms with Crippen LogP contribution in [0.5, 0.6) is 0 Å². The minimum atomic E-state index is 0.0531. The molecule has 2 aromatic carbocycles. The molecule has 0 bridgehead atoms. The van der Waals surface area contributed by atoms with Gasteiger partial charge in [-0.1, -0.05) is 73.4 Å². The van der Waals surface area contributed by atoms with Gasteiger partial charge in [0.15, 0.2) is 0 Å². The SMILES string of the molecule is Cc1ccc(C2=NNC(N3CCN(C(=O)C4CCCCC4)CC3)c3ccccc32)cc1. The molecule has 5 rings (SSSR count). The molecule has 5 nitrogen and oxygen atoms in total. The second-order valence-corrected chi connectivity index (χ2v) is 9.14. The molecule has 1 aliphatic carbocycles. The van der Waals surface area contributed by atoms with Crippen LogP contribution in [0.15, 0.2) is 53.6 Å². The number of carbonyl (C=O) groups is 1. The molecular weight excluding hydrogens is 384 g/mol. The lowest BCUT2D eigenvalue weighted by atomic mass is 9.88. The molecular formula is C26H32N4O. The number of nitrogens with zero attached hydrogens (tertiary/aromatic N) is 3. The van der Waals surface area contributed by atoms with E-state index in [1.54, 1.807) is 0 Å². The lowest BCUT2D eigenvalue weighted by molar-refractivity contribution is -0.138. The van der Waals surface area contributed by atoms with Gasteiger partial charge in [0, 0.05) is 43.2 Å². The maximum atomic E-state index is 12.9. The van der Waals surface area contributed by atoms with Crippen LogP contribution >= 0.6 is 0 Å². The van der Waals surface area contributed by atoms with Crippen LogP contribution in [-0.2, 0) is 4.79 Å². The first kappa shape index (κ1) is 20.3. The van der Waals surface area contributed by atoms with E-state index in [-0.39, 0.29) is 12.1 Å². The summed E-state index contributed by atoms with van der Waals surface area (Å²) >= 11 is 0. The fourth-order valence-electron chi connectivity index (χ4n) is 5.22. The van der Waals surface area contributed by atoms with Crippen LogP contribution < -0.4 is 5.43 Å². The Morgan fingerprint density at radius 3 is 2.39 bits per heavy atom. The van der Waals surface area contributed by atoms with Gasteiger partial charge in [-0.15, -0.1) is 0 Å². The standard InChI is InChI=1S/C26H32N4O/c1-19-11-13-20(14-12-19)24-22-9-5-6-10-23(22)25(28-27-24)29-15-17-30(18-16-29)26(31)21-7-3-2-4-8-21/h5-6,9-14,21,25,28H,2-4,7-8,15-18H2,1H3. The van der Waals surface area contributed by atoms with Crippen molar-refractivity contribution in [3.8, 4) is 0 Å². The largest absolute Gasteiger partial charge is 0.340 e. The molecule has 1 unspecified atom stereocenters. The van der Waals surface area contributed by atoms with Crippen molar-refractivity contribution in [1.29, 1.82) is 0 Å². The minimum absolute atomic E-state index is 0.0531. The van der Waals surface area contributed by atoms with Gasteiger partial charge >= 0.3 is 0 Å². The van der Waals surface area contributed by atoms with Gasteiger partial charge in [0.1, 0.15) is 6.17 Å². The van der Waals surface area contributed by atoms with Crippen molar-refractivity contribution in [2.75, 3.05) is 26.2 Å². The Bertz CT molecular complexity index is 954. The van der Waals surface area contributed by atoms with E-state index >= 15 is 0 Å². The molecule has 5 heteroatoms. The van der Waals surface area contributed by atoms with Crippen molar-refractivity contribution >= 4 is 11.6 Å². The highest BCUT2D eigenvalue weighted by atomic mass is 16.2. The van der Waals surface area contributed by atoms with Gasteiger partial charge in [-0.2, -0.15) is 5.10 Å². The number of nitrogens with one attached hydrogen (secondary N) is 1. The van der Waals surface area contributed by atoms with E-state index in [0.717, 1.165) is 50.3 Å². The zero-order chi connectivity index (χ0) is 21.2. The normalized spacial score (nSPS) is 22.4. The summed E-state index contributed by atoms with van der Waals surface area (Å²) in [5.74, 6) is 0.645. The highest BCUT2D eigenvalue weighted by molar-refractivity contribution is 6.14. The van der Waals surface area contributed by atoms with Gasteiger partial charge in [-0.25, -0.2) is 0 Å². The summed E-state index contributed by atoms with van der Waals surface area (Å²) in [7, 11) is 0. The first-order valence-corrected chi connectivity index (χ1v) is 11.7. The van der Waals surface area contributed by atoms with Crippen molar-refractivity contribution in [2.24, 2.45) is 11.0 Å². The Hall–Kier alpha value is -2.66. The number of amides is 1. The van der Waals surface area contributed by atoms with Crippen molar-refractivity contribution in [3.05, 3.63) is 70.8 Å². The average molecular weight is 417 g/mol. The molecule has 1 saturated carbocycles. The number of hydrogen-bond acceptors (Lipinski definition) is 4. The number of piperazine rings is 1. The summed E-state index contributed by atoms with van der Waals surface area (Å²) in [6.07, 6.45) is 5.91. The van der Waals surface area contributed by atoms with Gasteiger partial charge < -0.3 is 4.90 Å². The summed E-state index contributed by atoms with van der Waals surface area (Å²) in [4.78, 5) is 17.5. The average Bonchev–Trinajstić information content (AvgIpc) is 2.84. The maximum Gasteiger partial charge on any atom is 0.225 e. The zero-order valence-electron chi connectivity index (χ0n) is 18.4. The number of benzene rings is 2. The van der Waals surface area contributed by atoms with Crippen LogP contribution in [0.4, 0.5) is 0 Å². The van der Waals surface area contributed by atoms with Crippen molar-refractivity contribution in [1.82, 2.24) is 15.2 Å². The van der Waals surface area contributed by atoms with Gasteiger partial charge in [0.25, 0.3) is 0 Å². The van der Waals surface area contributed by atoms with Gasteiger partial charge in [0.2, 0.25) is 5.91 Å². The van der Waals surface area contributed by atoms with E-state index in [0.29, 0.717) is 5.91 Å². The predicted molar refractivity (Wildman–Crippen MR) is 124 cm³/mol. The summed E-state index contributed by atoms with van der Waals surface area (Å²) in [6.45, 7) is 5.47. The van der Waals surface area contributed by atoms with Crippen molar-refractivity contribution in [2.45, 2.75) is 45.2 Å². The third-order valence-electron chi connectivity index (χ3n) is 7.08. The first-order valence-electron chi connectivity index (χ1n) is 11.7. The maximum absolute atomic E-state index is 12.9. The summed E-state index contributed by atoms with van der Waals surface area (Å²) in [6, 6.07) is 17.1. The summed E-state index contributed by atoms with van der Waals surface area (Å²) in [5, 5.41) is 4.80. The van der Waals surface area contributed by atoms with E-state index in [1.165, 1.54) is 36.0 Å². The zero-order valence-corrected chi connectivity index (χ0v) is 18.4. The molecule has 1 atom stereocenters. The van der Waals surface area contributed by atoms with Crippen molar-refractivity contribution < 1.29 is 4.79 Å². The topological polar surface area (TPSA) is 47.9 Å². The van der Waals surface area contributed by atoms with E-state index < -0.39 is 0 Å². The van der Waals surface area contributed by atoms with E-state index in [2.05, 4.69) is 70.7 Å². The van der Waals surface area contributed by atoms with Crippen LogP contribution in [0.2, 0.25) is 0 Å². The van der Waals surface area contributed by atoms with Gasteiger partial charge in [-0.05, 0) is 25.3 Å². The highest BCUT2D eigenvalue weighted by Crippen LogP contribution is 2.30. The molecule has 0 spiro atoms. The molecule has 2 fully saturated rings. The van der Waals surface area contributed by atoms with Crippen LogP contribution in [0, 0.1) is 12.8 Å². The molecule has 1 saturated heterocycles. The number of hydrazone groups is 1. The number of hydrogen-bond donors (Lipinski definition) is 1. The van der Waals surface area contributed by atoms with Crippen LogP contribution in [0.3, 0.4) is 0 Å². The lowest BCUT2D eigenvalue weighted by Crippen LogP contribution is -2.53. The van der Waals surface area contributed by atoms with Gasteiger partial charge in [0.05, 0.1) is 5.71 Å². The Kier molecular flexibility index (Phi) is 5.77. The van der Waals surface area contributed by atoms with E-state index in [1.807, 2.05) is 0 Å². The molecule has 0 radical (unpaired) electrons. The van der Waals surface area contributed by atoms with E-state index in [4.69, 9.17) is 5.10 Å². The molecule has 2 aliphatic heterocycles. The fraction of sp³-hybridized carbons (Fsp3) is 0.462. The molecule has 1 N–H and O–H groups in total. The third-order valence-corrected chi connectivity index (χ3v) is 7.08. The molecule has 2 aromatic rings. The second-order valence-electron chi connectivity index (χ2n) is 9.14. The number of rotatable bonds is 3. The number of fused-ring (bicyclic) bond motifs is 1. The van der Waals surface area contributed by atoms with Crippen LogP contribution in [-0.4, -0.2) is 47.6 Å². The monoisotopic (exact) mass is 416 g/mol. The molecule has 162 valence electrons. The Morgan fingerprint density at radius 2 is 1.65 bits per heavy atom. The quantitative estimate of drug-likeness (QED) is 0.820. The summed E-state index contributed by atoms with van der Waals surface area (Å²) < 4.78 is 0. The second kappa shape index (κ2) is 8.83. The smallest absolute Gasteiger partial charge is 0.225 e. The van der Waals surface area contributed by atoms with Crippen LogP contribution in [0.25, 0.3) is 0 Å². The number of carbonyl (C=O) groups excluding carboxylic acids is 1. The highest BCUT2D eigenvalue weighted by Gasteiger charge is 2.33.